The van der Waals surface area contributed by atoms with Crippen LogP contribution in [0.25, 0.3) is 0 Å². The van der Waals surface area contributed by atoms with E-state index in [4.69, 9.17) is 14.1 Å². The highest BCUT2D eigenvalue weighted by molar-refractivity contribution is 6.62. The first-order valence-electron chi connectivity index (χ1n) is 5.62. The normalized spacial score (nSPS) is 20.6. The fourth-order valence-electron chi connectivity index (χ4n) is 1.59. The van der Waals surface area contributed by atoms with E-state index in [-0.39, 0.29) is 18.3 Å². The molecule has 0 saturated carbocycles. The van der Waals surface area contributed by atoms with Crippen LogP contribution in [0.1, 0.15) is 27.7 Å². The Morgan fingerprint density at radius 2 is 1.35 bits per heavy atom. The summed E-state index contributed by atoms with van der Waals surface area (Å²) in [4.78, 5) is 8.00. The van der Waals surface area contributed by atoms with Crippen LogP contribution in [0.5, 0.6) is 0 Å². The molecule has 92 valence electrons. The van der Waals surface area contributed by atoms with Crippen molar-refractivity contribution in [1.29, 1.82) is 0 Å². The van der Waals surface area contributed by atoms with E-state index in [9.17, 15) is 0 Å². The number of hydrogen-bond donors (Lipinski definition) is 0. The Labute approximate surface area is 103 Å². The summed E-state index contributed by atoms with van der Waals surface area (Å²) < 4.78 is 11.9. The van der Waals surface area contributed by atoms with Crippen molar-refractivity contribution in [3.05, 3.63) is 30.3 Å². The number of carbonyl (C=O) groups excluding carboxylic acids is 1. The van der Waals surface area contributed by atoms with Crippen molar-refractivity contribution in [3.8, 4) is 0 Å². The summed E-state index contributed by atoms with van der Waals surface area (Å²) in [7, 11) is -0.240. The van der Waals surface area contributed by atoms with Crippen molar-refractivity contribution in [2.24, 2.45) is 0 Å². The zero-order valence-corrected chi connectivity index (χ0v) is 10.9. The van der Waals surface area contributed by atoms with E-state index in [1.54, 1.807) is 0 Å². The van der Waals surface area contributed by atoms with Crippen molar-refractivity contribution >= 4 is 19.4 Å². The van der Waals surface area contributed by atoms with Crippen LogP contribution in [0.3, 0.4) is 0 Å². The highest BCUT2D eigenvalue weighted by atomic mass is 16.7. The average Bonchev–Trinajstić information content (AvgIpc) is 2.52. The van der Waals surface area contributed by atoms with Crippen molar-refractivity contribution in [3.63, 3.8) is 0 Å². The molecule has 0 bridgehead atoms. The Morgan fingerprint density at radius 3 is 1.76 bits per heavy atom. The molecule has 0 amide bonds. The van der Waals surface area contributed by atoms with Gasteiger partial charge >= 0.3 is 7.12 Å². The Balaban J connectivity index is 0.000000686. The van der Waals surface area contributed by atoms with E-state index in [1.165, 1.54) is 0 Å². The molecule has 0 spiro atoms. The number of benzene rings is 1. The zero-order valence-electron chi connectivity index (χ0n) is 10.9. The van der Waals surface area contributed by atoms with Crippen LogP contribution in [0.15, 0.2) is 30.3 Å². The highest BCUT2D eigenvalue weighted by Gasteiger charge is 2.51. The Bertz CT molecular complexity index is 346. The smallest absolute Gasteiger partial charge is 0.399 e. The van der Waals surface area contributed by atoms with Crippen molar-refractivity contribution in [1.82, 2.24) is 0 Å². The summed E-state index contributed by atoms with van der Waals surface area (Å²) in [6, 6.07) is 10.1. The molecule has 3 nitrogen and oxygen atoms in total. The molecule has 1 aliphatic heterocycles. The fourth-order valence-corrected chi connectivity index (χ4v) is 1.59. The summed E-state index contributed by atoms with van der Waals surface area (Å²) in [6.45, 7) is 10.3. The number of hydrogen-bond acceptors (Lipinski definition) is 3. The first-order valence-corrected chi connectivity index (χ1v) is 5.62. The summed E-state index contributed by atoms with van der Waals surface area (Å²) in [5.41, 5.74) is 0.567. The van der Waals surface area contributed by atoms with Gasteiger partial charge in [0.05, 0.1) is 11.2 Å². The molecule has 1 fully saturated rings. The minimum Gasteiger partial charge on any atom is -0.399 e. The van der Waals surface area contributed by atoms with Gasteiger partial charge in [-0.3, -0.25) is 0 Å². The van der Waals surface area contributed by atoms with Gasteiger partial charge < -0.3 is 14.1 Å². The Hall–Kier alpha value is -1.13. The van der Waals surface area contributed by atoms with Gasteiger partial charge in [0, 0.05) is 0 Å². The van der Waals surface area contributed by atoms with Gasteiger partial charge in [0.15, 0.2) is 0 Å². The maximum atomic E-state index is 8.00. The monoisotopic (exact) mass is 234 g/mol. The minimum absolute atomic E-state index is 0.240. The van der Waals surface area contributed by atoms with Gasteiger partial charge in [-0.2, -0.15) is 0 Å². The Kier molecular flexibility index (Phi) is 4.12. The van der Waals surface area contributed by atoms with Gasteiger partial charge in [-0.1, -0.05) is 30.3 Å². The summed E-state index contributed by atoms with van der Waals surface area (Å²) >= 11 is 0. The molecule has 0 radical (unpaired) electrons. The summed E-state index contributed by atoms with van der Waals surface area (Å²) in [6.07, 6.45) is 0. The van der Waals surface area contributed by atoms with Crippen LogP contribution in [-0.4, -0.2) is 25.1 Å². The molecule has 0 N–H and O–H groups in total. The number of carbonyl (C=O) groups is 1. The standard InChI is InChI=1S/C12H17BO2.CH2O/c1-11(2)12(3,4)15-13(14-11)10-8-6-5-7-9-10;1-2/h5-9H,1-4H3;1H2. The van der Waals surface area contributed by atoms with Crippen LogP contribution >= 0.6 is 0 Å². The Morgan fingerprint density at radius 1 is 0.941 bits per heavy atom. The van der Waals surface area contributed by atoms with Gasteiger partial charge in [-0.05, 0) is 33.2 Å². The third-order valence-corrected chi connectivity index (χ3v) is 3.32. The third kappa shape index (κ3) is 2.76. The molecule has 1 saturated heterocycles. The van der Waals surface area contributed by atoms with E-state index < -0.39 is 0 Å². The molecule has 17 heavy (non-hydrogen) atoms. The molecule has 4 heteroatoms. The van der Waals surface area contributed by atoms with Gasteiger partial charge in [-0.15, -0.1) is 0 Å². The largest absolute Gasteiger partial charge is 0.494 e. The predicted octanol–water partition coefficient (Wildman–Crippen LogP) is 1.80. The van der Waals surface area contributed by atoms with Gasteiger partial charge in [0.2, 0.25) is 0 Å². The van der Waals surface area contributed by atoms with Gasteiger partial charge in [-0.25, -0.2) is 0 Å². The van der Waals surface area contributed by atoms with Crippen LogP contribution in [0.4, 0.5) is 0 Å². The lowest BCUT2D eigenvalue weighted by atomic mass is 9.79. The zero-order chi connectivity index (χ0) is 13.1. The van der Waals surface area contributed by atoms with Crippen LogP contribution in [0.2, 0.25) is 0 Å². The van der Waals surface area contributed by atoms with E-state index >= 15 is 0 Å². The molecule has 0 aromatic heterocycles. The minimum atomic E-state index is -0.256. The SMILES string of the molecule is C=O.CC1(C)OB(c2ccccc2)OC1(C)C. The van der Waals surface area contributed by atoms with Crippen LogP contribution in [0, 0.1) is 0 Å². The highest BCUT2D eigenvalue weighted by Crippen LogP contribution is 2.36. The van der Waals surface area contributed by atoms with Crippen LogP contribution < -0.4 is 5.46 Å². The second kappa shape index (κ2) is 5.02. The topological polar surface area (TPSA) is 35.5 Å². The van der Waals surface area contributed by atoms with Gasteiger partial charge in [0.1, 0.15) is 6.79 Å². The van der Waals surface area contributed by atoms with E-state index in [0.29, 0.717) is 0 Å². The summed E-state index contributed by atoms with van der Waals surface area (Å²) in [5.74, 6) is 0. The van der Waals surface area contributed by atoms with Crippen LogP contribution in [-0.2, 0) is 14.1 Å². The molecule has 0 atom stereocenters. The maximum Gasteiger partial charge on any atom is 0.494 e. The third-order valence-electron chi connectivity index (χ3n) is 3.32. The lowest BCUT2D eigenvalue weighted by Crippen LogP contribution is -2.41. The first kappa shape index (κ1) is 13.9. The molecular formula is C13H19BO3. The summed E-state index contributed by atoms with van der Waals surface area (Å²) in [5, 5.41) is 0. The van der Waals surface area contributed by atoms with Gasteiger partial charge in [0.25, 0.3) is 0 Å². The van der Waals surface area contributed by atoms with Crippen molar-refractivity contribution in [2.75, 3.05) is 0 Å². The molecule has 2 rings (SSSR count). The lowest BCUT2D eigenvalue weighted by molar-refractivity contribution is -0.0979. The quantitative estimate of drug-likeness (QED) is 0.695. The van der Waals surface area contributed by atoms with E-state index in [2.05, 4.69) is 27.7 Å². The molecule has 1 aliphatic rings. The molecular weight excluding hydrogens is 215 g/mol. The second-order valence-electron chi connectivity index (χ2n) is 5.00. The fraction of sp³-hybridized carbons (Fsp3) is 0.462. The van der Waals surface area contributed by atoms with E-state index in [0.717, 1.165) is 5.46 Å². The first-order chi connectivity index (χ1) is 7.92. The number of rotatable bonds is 1. The average molecular weight is 234 g/mol. The maximum absolute atomic E-state index is 8.00. The molecule has 1 heterocycles. The predicted molar refractivity (Wildman–Crippen MR) is 69.3 cm³/mol. The second-order valence-corrected chi connectivity index (χ2v) is 5.00. The molecule has 0 unspecified atom stereocenters. The molecule has 1 aromatic carbocycles. The van der Waals surface area contributed by atoms with Crippen molar-refractivity contribution < 1.29 is 14.1 Å². The molecule has 1 aromatic rings. The lowest BCUT2D eigenvalue weighted by Gasteiger charge is -2.32. The van der Waals surface area contributed by atoms with E-state index in [1.807, 2.05) is 37.1 Å². The van der Waals surface area contributed by atoms with Crippen molar-refractivity contribution in [2.45, 2.75) is 38.9 Å². The molecule has 0 aliphatic carbocycles.